The highest BCUT2D eigenvalue weighted by molar-refractivity contribution is 6.30. The summed E-state index contributed by atoms with van der Waals surface area (Å²) in [6, 6.07) is 13.1. The number of amides is 1. The van der Waals surface area contributed by atoms with Crippen molar-refractivity contribution < 1.29 is 19.0 Å². The molecule has 0 N–H and O–H groups in total. The highest BCUT2D eigenvalue weighted by Crippen LogP contribution is 2.32. The molecule has 0 aliphatic carbocycles. The maximum absolute atomic E-state index is 12.4. The molecule has 2 aromatic carbocycles. The second-order valence-corrected chi connectivity index (χ2v) is 7.02. The van der Waals surface area contributed by atoms with Gasteiger partial charge in [0.1, 0.15) is 5.75 Å². The first-order valence-electron chi connectivity index (χ1n) is 8.94. The third-order valence-electron chi connectivity index (χ3n) is 4.74. The molecule has 2 aliphatic rings. The van der Waals surface area contributed by atoms with Crippen LogP contribution >= 0.6 is 11.6 Å². The topological polar surface area (TPSA) is 51.2 Å². The SMILES string of the molecule is O=C(COc1ccc(Cl)cc1)N1CCN(Cc2ccc3c(c2)OCO3)CC1. The summed E-state index contributed by atoms with van der Waals surface area (Å²) in [4.78, 5) is 16.5. The number of carbonyl (C=O) groups excluding carboxylic acids is 1. The summed E-state index contributed by atoms with van der Waals surface area (Å²) in [5.74, 6) is 2.26. The van der Waals surface area contributed by atoms with E-state index < -0.39 is 0 Å². The van der Waals surface area contributed by atoms with E-state index in [1.165, 1.54) is 5.56 Å². The fourth-order valence-corrected chi connectivity index (χ4v) is 3.35. The monoisotopic (exact) mass is 388 g/mol. The molecular formula is C20H21ClN2O4. The first-order chi connectivity index (χ1) is 13.2. The number of nitrogens with zero attached hydrogens (tertiary/aromatic N) is 2. The van der Waals surface area contributed by atoms with Crippen LogP contribution in [0.25, 0.3) is 0 Å². The number of carbonyl (C=O) groups is 1. The highest BCUT2D eigenvalue weighted by atomic mass is 35.5. The fourth-order valence-electron chi connectivity index (χ4n) is 3.22. The number of halogens is 1. The first kappa shape index (κ1) is 17.9. The molecule has 27 heavy (non-hydrogen) atoms. The van der Waals surface area contributed by atoms with Crippen molar-refractivity contribution in [3.8, 4) is 17.2 Å². The molecule has 142 valence electrons. The van der Waals surface area contributed by atoms with Crippen molar-refractivity contribution in [3.05, 3.63) is 53.1 Å². The Morgan fingerprint density at radius 3 is 2.52 bits per heavy atom. The molecule has 4 rings (SSSR count). The van der Waals surface area contributed by atoms with Crippen molar-refractivity contribution in [2.75, 3.05) is 39.6 Å². The highest BCUT2D eigenvalue weighted by Gasteiger charge is 2.22. The molecule has 0 unspecified atom stereocenters. The van der Waals surface area contributed by atoms with Gasteiger partial charge in [0.05, 0.1) is 0 Å². The molecule has 0 atom stereocenters. The number of hydrogen-bond donors (Lipinski definition) is 0. The maximum Gasteiger partial charge on any atom is 0.260 e. The van der Waals surface area contributed by atoms with Crippen molar-refractivity contribution in [1.29, 1.82) is 0 Å². The third-order valence-corrected chi connectivity index (χ3v) is 5.00. The van der Waals surface area contributed by atoms with Crippen molar-refractivity contribution in [3.63, 3.8) is 0 Å². The molecule has 1 saturated heterocycles. The molecule has 0 spiro atoms. The lowest BCUT2D eigenvalue weighted by atomic mass is 10.1. The predicted octanol–water partition coefficient (Wildman–Crippen LogP) is 2.79. The van der Waals surface area contributed by atoms with Gasteiger partial charge in [0.25, 0.3) is 5.91 Å². The zero-order valence-corrected chi connectivity index (χ0v) is 15.7. The van der Waals surface area contributed by atoms with Crippen LogP contribution in [0.4, 0.5) is 0 Å². The van der Waals surface area contributed by atoms with E-state index >= 15 is 0 Å². The lowest BCUT2D eigenvalue weighted by molar-refractivity contribution is -0.135. The van der Waals surface area contributed by atoms with Gasteiger partial charge in [-0.1, -0.05) is 17.7 Å². The van der Waals surface area contributed by atoms with Crippen LogP contribution in [0.2, 0.25) is 5.02 Å². The number of rotatable bonds is 5. The fraction of sp³-hybridized carbons (Fsp3) is 0.350. The summed E-state index contributed by atoms with van der Waals surface area (Å²) in [5.41, 5.74) is 1.19. The molecule has 7 heteroatoms. The maximum atomic E-state index is 12.4. The van der Waals surface area contributed by atoms with Crippen molar-refractivity contribution in [1.82, 2.24) is 9.80 Å². The quantitative estimate of drug-likeness (QED) is 0.788. The summed E-state index contributed by atoms with van der Waals surface area (Å²) < 4.78 is 16.3. The zero-order chi connectivity index (χ0) is 18.6. The Bertz CT molecular complexity index is 804. The third kappa shape index (κ3) is 4.46. The normalized spacial score (nSPS) is 16.4. The smallest absolute Gasteiger partial charge is 0.260 e. The minimum Gasteiger partial charge on any atom is -0.484 e. The van der Waals surface area contributed by atoms with E-state index in [1.54, 1.807) is 24.3 Å². The lowest BCUT2D eigenvalue weighted by Crippen LogP contribution is -2.49. The minimum atomic E-state index is 0.00711. The van der Waals surface area contributed by atoms with Crippen LogP contribution in [0, 0.1) is 0 Å². The van der Waals surface area contributed by atoms with Crippen LogP contribution in [0.15, 0.2) is 42.5 Å². The van der Waals surface area contributed by atoms with Crippen LogP contribution in [0.5, 0.6) is 17.2 Å². The van der Waals surface area contributed by atoms with Gasteiger partial charge < -0.3 is 19.1 Å². The number of benzene rings is 2. The summed E-state index contributed by atoms with van der Waals surface area (Å²) in [6.45, 7) is 4.24. The summed E-state index contributed by atoms with van der Waals surface area (Å²) in [5, 5.41) is 0.646. The molecule has 0 aromatic heterocycles. The van der Waals surface area contributed by atoms with E-state index in [-0.39, 0.29) is 19.3 Å². The van der Waals surface area contributed by atoms with E-state index in [0.29, 0.717) is 23.9 Å². The molecule has 2 aliphatic heterocycles. The molecular weight excluding hydrogens is 368 g/mol. The van der Waals surface area contributed by atoms with Crippen molar-refractivity contribution in [2.45, 2.75) is 6.54 Å². The average Bonchev–Trinajstić information content (AvgIpc) is 3.16. The zero-order valence-electron chi connectivity index (χ0n) is 14.9. The Morgan fingerprint density at radius 2 is 1.74 bits per heavy atom. The van der Waals surface area contributed by atoms with Gasteiger partial charge in [0.2, 0.25) is 6.79 Å². The average molecular weight is 389 g/mol. The van der Waals surface area contributed by atoms with E-state index in [1.807, 2.05) is 17.0 Å². The number of hydrogen-bond acceptors (Lipinski definition) is 5. The molecule has 2 aromatic rings. The van der Waals surface area contributed by atoms with Gasteiger partial charge >= 0.3 is 0 Å². The number of piperazine rings is 1. The van der Waals surface area contributed by atoms with Gasteiger partial charge in [-0.2, -0.15) is 0 Å². The molecule has 1 amide bonds. The Labute approximate surface area is 163 Å². The standard InChI is InChI=1S/C20H21ClN2O4/c21-16-2-4-17(5-3-16)25-13-20(24)23-9-7-22(8-10-23)12-15-1-6-18-19(11-15)27-14-26-18/h1-6,11H,7-10,12-14H2. The molecule has 2 heterocycles. The Morgan fingerprint density at radius 1 is 1.00 bits per heavy atom. The van der Waals surface area contributed by atoms with Gasteiger partial charge in [-0.15, -0.1) is 0 Å². The minimum absolute atomic E-state index is 0.00711. The van der Waals surface area contributed by atoms with Gasteiger partial charge in [0, 0.05) is 37.7 Å². The predicted molar refractivity (Wildman–Crippen MR) is 101 cm³/mol. The van der Waals surface area contributed by atoms with Crippen molar-refractivity contribution in [2.24, 2.45) is 0 Å². The van der Waals surface area contributed by atoms with E-state index in [4.69, 9.17) is 25.8 Å². The van der Waals surface area contributed by atoms with Crippen LogP contribution in [-0.4, -0.2) is 55.3 Å². The van der Waals surface area contributed by atoms with E-state index in [0.717, 1.165) is 31.1 Å². The summed E-state index contributed by atoms with van der Waals surface area (Å²) in [7, 11) is 0. The van der Waals surface area contributed by atoms with Gasteiger partial charge in [-0.3, -0.25) is 9.69 Å². The van der Waals surface area contributed by atoms with Gasteiger partial charge in [0.15, 0.2) is 18.1 Å². The second kappa shape index (κ2) is 8.06. The summed E-state index contributed by atoms with van der Waals surface area (Å²) >= 11 is 5.85. The van der Waals surface area contributed by atoms with E-state index in [9.17, 15) is 4.79 Å². The number of fused-ring (bicyclic) bond motifs is 1. The molecule has 0 radical (unpaired) electrons. The molecule has 0 saturated carbocycles. The van der Waals surface area contributed by atoms with Crippen LogP contribution in [0.1, 0.15) is 5.56 Å². The number of ether oxygens (including phenoxy) is 3. The second-order valence-electron chi connectivity index (χ2n) is 6.59. The Hall–Kier alpha value is -2.44. The van der Waals surface area contributed by atoms with Gasteiger partial charge in [-0.05, 0) is 42.0 Å². The molecule has 6 nitrogen and oxygen atoms in total. The van der Waals surface area contributed by atoms with E-state index in [2.05, 4.69) is 11.0 Å². The molecule has 0 bridgehead atoms. The van der Waals surface area contributed by atoms with Crippen LogP contribution < -0.4 is 14.2 Å². The Balaban J connectivity index is 1.23. The van der Waals surface area contributed by atoms with Gasteiger partial charge in [-0.25, -0.2) is 0 Å². The largest absolute Gasteiger partial charge is 0.484 e. The summed E-state index contributed by atoms with van der Waals surface area (Å²) in [6.07, 6.45) is 0. The van der Waals surface area contributed by atoms with Crippen LogP contribution in [0.3, 0.4) is 0 Å². The first-order valence-corrected chi connectivity index (χ1v) is 9.32. The molecule has 1 fully saturated rings. The Kier molecular flexibility index (Phi) is 5.36. The van der Waals surface area contributed by atoms with Crippen LogP contribution in [-0.2, 0) is 11.3 Å². The lowest BCUT2D eigenvalue weighted by Gasteiger charge is -2.34. The van der Waals surface area contributed by atoms with Crippen molar-refractivity contribution >= 4 is 17.5 Å².